The number of nitrogens with one attached hydrogen (secondary N) is 1. The Balaban J connectivity index is 1.77. The summed E-state index contributed by atoms with van der Waals surface area (Å²) in [6.07, 6.45) is -3.25. The number of anilines is 1. The molecule has 3 aromatic rings. The van der Waals surface area contributed by atoms with E-state index in [0.29, 0.717) is 18.0 Å². The van der Waals surface area contributed by atoms with Crippen molar-refractivity contribution in [2.24, 2.45) is 0 Å². The fraction of sp³-hybridized carbons (Fsp3) is 0.130. The number of alkyl halides is 3. The second kappa shape index (κ2) is 9.22. The van der Waals surface area contributed by atoms with Crippen LogP contribution in [0.5, 0.6) is 5.75 Å². The highest BCUT2D eigenvalue weighted by atomic mass is 19.4. The van der Waals surface area contributed by atoms with Crippen molar-refractivity contribution in [1.82, 2.24) is 0 Å². The summed E-state index contributed by atoms with van der Waals surface area (Å²) in [5.74, 6) is 0.338. The Kier molecular flexibility index (Phi) is 6.46. The summed E-state index contributed by atoms with van der Waals surface area (Å²) in [6, 6.07) is 16.1. The monoisotopic (exact) mass is 426 g/mol. The number of furan rings is 1. The topological polar surface area (TPSA) is 75.3 Å². The minimum atomic E-state index is -4.47. The summed E-state index contributed by atoms with van der Waals surface area (Å²) in [6.45, 7) is 2.37. The van der Waals surface area contributed by atoms with Gasteiger partial charge in [-0.15, -0.1) is 0 Å². The highest BCUT2D eigenvalue weighted by Crippen LogP contribution is 2.33. The first-order valence-electron chi connectivity index (χ1n) is 9.23. The first kappa shape index (κ1) is 21.7. The number of rotatable bonds is 6. The van der Waals surface area contributed by atoms with E-state index >= 15 is 0 Å². The SMILES string of the molecule is CCOc1ccc(NC(=O)C(C#N)=Cc2ccc(-c3cccc(C(F)(F)F)c3)o2)cc1. The zero-order valence-corrected chi connectivity index (χ0v) is 16.4. The van der Waals surface area contributed by atoms with Crippen LogP contribution < -0.4 is 10.1 Å². The van der Waals surface area contributed by atoms with Crippen LogP contribution in [-0.2, 0) is 11.0 Å². The van der Waals surface area contributed by atoms with Gasteiger partial charge in [0, 0.05) is 17.3 Å². The summed E-state index contributed by atoms with van der Waals surface area (Å²) in [4.78, 5) is 12.4. The number of nitrogens with zero attached hydrogens (tertiary/aromatic N) is 1. The van der Waals surface area contributed by atoms with Crippen LogP contribution in [0.3, 0.4) is 0 Å². The van der Waals surface area contributed by atoms with Gasteiger partial charge in [0.05, 0.1) is 12.2 Å². The number of hydrogen-bond acceptors (Lipinski definition) is 4. The van der Waals surface area contributed by atoms with Crippen molar-refractivity contribution < 1.29 is 27.1 Å². The van der Waals surface area contributed by atoms with E-state index < -0.39 is 17.6 Å². The molecule has 0 aliphatic heterocycles. The van der Waals surface area contributed by atoms with Crippen LogP contribution in [0.25, 0.3) is 17.4 Å². The number of nitriles is 1. The van der Waals surface area contributed by atoms with Gasteiger partial charge in [-0.3, -0.25) is 4.79 Å². The lowest BCUT2D eigenvalue weighted by molar-refractivity contribution is -0.137. The van der Waals surface area contributed by atoms with E-state index in [4.69, 9.17) is 9.15 Å². The van der Waals surface area contributed by atoms with Gasteiger partial charge >= 0.3 is 6.18 Å². The molecule has 31 heavy (non-hydrogen) atoms. The summed E-state index contributed by atoms with van der Waals surface area (Å²) >= 11 is 0. The second-order valence-corrected chi connectivity index (χ2v) is 6.36. The lowest BCUT2D eigenvalue weighted by atomic mass is 10.1. The number of carbonyl (C=O) groups excluding carboxylic acids is 1. The molecule has 0 aliphatic rings. The van der Waals surface area contributed by atoms with Crippen molar-refractivity contribution >= 4 is 17.7 Å². The van der Waals surface area contributed by atoms with Gasteiger partial charge in [-0.1, -0.05) is 12.1 Å². The summed E-state index contributed by atoms with van der Waals surface area (Å²) in [5.41, 5.74) is -0.324. The fourth-order valence-corrected chi connectivity index (χ4v) is 2.72. The highest BCUT2D eigenvalue weighted by molar-refractivity contribution is 6.09. The van der Waals surface area contributed by atoms with Crippen molar-refractivity contribution in [3.63, 3.8) is 0 Å². The molecule has 0 spiro atoms. The Morgan fingerprint density at radius 2 is 1.90 bits per heavy atom. The molecule has 0 saturated carbocycles. The molecule has 1 N–H and O–H groups in total. The molecule has 8 heteroatoms. The largest absolute Gasteiger partial charge is 0.494 e. The van der Waals surface area contributed by atoms with E-state index in [1.165, 1.54) is 30.3 Å². The predicted octanol–water partition coefficient (Wildman–Crippen LogP) is 5.91. The minimum Gasteiger partial charge on any atom is -0.494 e. The molecule has 2 aromatic carbocycles. The van der Waals surface area contributed by atoms with Crippen molar-refractivity contribution in [2.45, 2.75) is 13.1 Å². The molecule has 0 radical (unpaired) electrons. The highest BCUT2D eigenvalue weighted by Gasteiger charge is 2.30. The number of amides is 1. The number of halogens is 3. The van der Waals surface area contributed by atoms with Crippen LogP contribution in [0.1, 0.15) is 18.2 Å². The fourth-order valence-electron chi connectivity index (χ4n) is 2.72. The number of carbonyl (C=O) groups is 1. The first-order valence-corrected chi connectivity index (χ1v) is 9.23. The molecule has 0 saturated heterocycles. The Bertz CT molecular complexity index is 1140. The molecule has 1 aromatic heterocycles. The van der Waals surface area contributed by atoms with Crippen LogP contribution in [0.15, 0.2) is 70.7 Å². The Morgan fingerprint density at radius 3 is 2.55 bits per heavy atom. The lowest BCUT2D eigenvalue weighted by Crippen LogP contribution is -2.13. The number of ether oxygens (including phenoxy) is 1. The van der Waals surface area contributed by atoms with Gasteiger partial charge in [-0.2, -0.15) is 18.4 Å². The summed E-state index contributed by atoms with van der Waals surface area (Å²) in [7, 11) is 0. The third-order valence-corrected chi connectivity index (χ3v) is 4.18. The zero-order valence-electron chi connectivity index (χ0n) is 16.4. The second-order valence-electron chi connectivity index (χ2n) is 6.36. The average Bonchev–Trinajstić information content (AvgIpc) is 3.22. The van der Waals surface area contributed by atoms with Crippen LogP contribution in [0.2, 0.25) is 0 Å². The smallest absolute Gasteiger partial charge is 0.416 e. The molecule has 158 valence electrons. The molecule has 0 bridgehead atoms. The molecule has 0 aliphatic carbocycles. The van der Waals surface area contributed by atoms with E-state index in [-0.39, 0.29) is 22.7 Å². The Labute approximate surface area is 176 Å². The van der Waals surface area contributed by atoms with Crippen LogP contribution in [0, 0.1) is 11.3 Å². The van der Waals surface area contributed by atoms with Gasteiger partial charge in [0.15, 0.2) is 0 Å². The van der Waals surface area contributed by atoms with Crippen molar-refractivity contribution in [2.75, 3.05) is 11.9 Å². The van der Waals surface area contributed by atoms with Crippen LogP contribution >= 0.6 is 0 Å². The molecule has 0 unspecified atom stereocenters. The predicted molar refractivity (Wildman–Crippen MR) is 109 cm³/mol. The van der Waals surface area contributed by atoms with Gasteiger partial charge in [0.1, 0.15) is 28.9 Å². The number of hydrogen-bond donors (Lipinski definition) is 1. The molecule has 3 rings (SSSR count). The van der Waals surface area contributed by atoms with Gasteiger partial charge < -0.3 is 14.5 Å². The lowest BCUT2D eigenvalue weighted by Gasteiger charge is -2.07. The quantitative estimate of drug-likeness (QED) is 0.393. The normalized spacial score (nSPS) is 11.6. The van der Waals surface area contributed by atoms with Gasteiger partial charge in [0.2, 0.25) is 0 Å². The average molecular weight is 426 g/mol. The molecule has 0 fully saturated rings. The maximum absolute atomic E-state index is 12.9. The van der Waals surface area contributed by atoms with Crippen LogP contribution in [0.4, 0.5) is 18.9 Å². The molecule has 5 nitrogen and oxygen atoms in total. The van der Waals surface area contributed by atoms with Crippen molar-refractivity contribution in [3.05, 3.63) is 77.6 Å². The Hall–Kier alpha value is -3.99. The van der Waals surface area contributed by atoms with E-state index in [1.54, 1.807) is 30.3 Å². The summed E-state index contributed by atoms with van der Waals surface area (Å²) < 4.78 is 49.6. The molecular weight excluding hydrogens is 409 g/mol. The maximum atomic E-state index is 12.9. The minimum absolute atomic E-state index is 0.158. The maximum Gasteiger partial charge on any atom is 0.416 e. The molecule has 1 heterocycles. The molecular formula is C23H17F3N2O3. The standard InChI is InChI=1S/C23H17F3N2O3/c1-2-30-19-8-6-18(7-9-19)28-22(29)16(14-27)13-20-10-11-21(31-20)15-4-3-5-17(12-15)23(24,25)26/h3-13H,2H2,1H3,(H,28,29). The van der Waals surface area contributed by atoms with E-state index in [1.807, 2.05) is 6.92 Å². The zero-order chi connectivity index (χ0) is 22.4. The van der Waals surface area contributed by atoms with Gasteiger partial charge in [-0.25, -0.2) is 0 Å². The van der Waals surface area contributed by atoms with Crippen molar-refractivity contribution in [3.8, 4) is 23.1 Å². The van der Waals surface area contributed by atoms with Gasteiger partial charge in [-0.05, 0) is 55.5 Å². The third-order valence-electron chi connectivity index (χ3n) is 4.18. The number of benzene rings is 2. The molecule has 1 amide bonds. The van der Waals surface area contributed by atoms with Crippen molar-refractivity contribution in [1.29, 1.82) is 5.26 Å². The Morgan fingerprint density at radius 1 is 1.16 bits per heavy atom. The van der Waals surface area contributed by atoms with E-state index in [0.717, 1.165) is 12.1 Å². The third kappa shape index (κ3) is 5.54. The molecule has 0 atom stereocenters. The van der Waals surface area contributed by atoms with E-state index in [9.17, 15) is 23.2 Å². The van der Waals surface area contributed by atoms with Gasteiger partial charge in [0.25, 0.3) is 5.91 Å². The summed E-state index contributed by atoms with van der Waals surface area (Å²) in [5, 5.41) is 11.9. The van der Waals surface area contributed by atoms with E-state index in [2.05, 4.69) is 5.32 Å². The first-order chi connectivity index (χ1) is 14.8. The van der Waals surface area contributed by atoms with Crippen LogP contribution in [-0.4, -0.2) is 12.5 Å².